The van der Waals surface area contributed by atoms with Crippen molar-refractivity contribution in [1.29, 1.82) is 0 Å². The summed E-state index contributed by atoms with van der Waals surface area (Å²) >= 11 is 0. The Hall–Kier alpha value is -1.82. The zero-order valence-corrected chi connectivity index (χ0v) is 19.0. The second kappa shape index (κ2) is 8.37. The molecule has 6 nitrogen and oxygen atoms in total. The fourth-order valence-corrected chi connectivity index (χ4v) is 5.76. The molecule has 0 unspecified atom stereocenters. The van der Waals surface area contributed by atoms with Gasteiger partial charge in [0.1, 0.15) is 11.5 Å². The van der Waals surface area contributed by atoms with Crippen LogP contribution >= 0.6 is 0 Å². The summed E-state index contributed by atoms with van der Waals surface area (Å²) in [4.78, 5) is 27.7. The third kappa shape index (κ3) is 4.58. The van der Waals surface area contributed by atoms with Gasteiger partial charge < -0.3 is 15.1 Å². The van der Waals surface area contributed by atoms with Gasteiger partial charge >= 0.3 is 0 Å². The van der Waals surface area contributed by atoms with Gasteiger partial charge in [0, 0.05) is 36.2 Å². The summed E-state index contributed by atoms with van der Waals surface area (Å²) in [7, 11) is 0. The van der Waals surface area contributed by atoms with Crippen molar-refractivity contribution < 1.29 is 14.0 Å². The number of carbonyl (C=O) groups excluding carboxylic acids is 2. The van der Waals surface area contributed by atoms with Crippen molar-refractivity contribution in [2.45, 2.75) is 96.7 Å². The van der Waals surface area contributed by atoms with Crippen LogP contribution in [-0.2, 0) is 17.6 Å². The molecule has 4 rings (SSSR count). The number of nitrogens with one attached hydrogen (secondary N) is 2. The van der Waals surface area contributed by atoms with Crippen molar-refractivity contribution in [1.82, 2.24) is 15.5 Å². The molecule has 1 aliphatic carbocycles. The molecule has 0 saturated carbocycles. The Morgan fingerprint density at radius 1 is 1.10 bits per heavy atom. The Labute approximate surface area is 180 Å². The maximum Gasteiger partial charge on any atom is 0.255 e. The first-order valence-electron chi connectivity index (χ1n) is 11.7. The molecule has 1 aromatic heterocycles. The van der Waals surface area contributed by atoms with Gasteiger partial charge in [-0.05, 0) is 78.6 Å². The molecule has 6 heteroatoms. The Kier molecular flexibility index (Phi) is 5.97. The van der Waals surface area contributed by atoms with Crippen molar-refractivity contribution >= 4 is 11.8 Å². The largest absolute Gasteiger partial charge is 0.465 e. The molecule has 3 atom stereocenters. The van der Waals surface area contributed by atoms with E-state index < -0.39 is 0 Å². The molecule has 2 amide bonds. The zero-order valence-electron chi connectivity index (χ0n) is 19.0. The lowest BCUT2D eigenvalue weighted by Crippen LogP contribution is -2.52. The van der Waals surface area contributed by atoms with Gasteiger partial charge in [-0.2, -0.15) is 0 Å². The minimum Gasteiger partial charge on any atom is -0.465 e. The Bertz CT molecular complexity index is 793. The molecule has 3 heterocycles. The summed E-state index contributed by atoms with van der Waals surface area (Å²) in [6.45, 7) is 9.18. The molecule has 2 saturated heterocycles. The minimum absolute atomic E-state index is 0.0266. The number of carbonyl (C=O) groups is 2. The SMILES string of the molecule is Cc1oc2c(c1C(=O)NC[C@H]1C[C@H]3CC[C@@H](C1)N3CC(=O)NC(C)(C)C)CCCC2. The smallest absolute Gasteiger partial charge is 0.255 e. The third-order valence-electron chi connectivity index (χ3n) is 6.95. The molecule has 2 fully saturated rings. The number of aryl methyl sites for hydroxylation is 2. The van der Waals surface area contributed by atoms with Crippen LogP contribution in [0.2, 0.25) is 0 Å². The first-order chi connectivity index (χ1) is 14.2. The lowest BCUT2D eigenvalue weighted by molar-refractivity contribution is -0.125. The van der Waals surface area contributed by atoms with E-state index in [4.69, 9.17) is 4.42 Å². The lowest BCUT2D eigenvalue weighted by Gasteiger charge is -2.39. The van der Waals surface area contributed by atoms with E-state index in [0.717, 1.165) is 74.0 Å². The first kappa shape index (κ1) is 21.4. The molecule has 166 valence electrons. The lowest BCUT2D eigenvalue weighted by atomic mass is 9.90. The monoisotopic (exact) mass is 415 g/mol. The molecule has 2 bridgehead atoms. The zero-order chi connectivity index (χ0) is 21.5. The van der Waals surface area contributed by atoms with Crippen LogP contribution in [-0.4, -0.2) is 47.4 Å². The predicted molar refractivity (Wildman–Crippen MR) is 117 cm³/mol. The highest BCUT2D eigenvalue weighted by Gasteiger charge is 2.41. The number of hydrogen-bond acceptors (Lipinski definition) is 4. The van der Waals surface area contributed by atoms with E-state index >= 15 is 0 Å². The third-order valence-corrected chi connectivity index (χ3v) is 6.95. The van der Waals surface area contributed by atoms with E-state index in [1.807, 2.05) is 27.7 Å². The summed E-state index contributed by atoms with van der Waals surface area (Å²) in [5.41, 5.74) is 1.73. The number of fused-ring (bicyclic) bond motifs is 3. The van der Waals surface area contributed by atoms with E-state index in [9.17, 15) is 9.59 Å². The molecular weight excluding hydrogens is 378 g/mol. The van der Waals surface area contributed by atoms with E-state index in [0.29, 0.717) is 31.1 Å². The summed E-state index contributed by atoms with van der Waals surface area (Å²) in [6, 6.07) is 0.916. The van der Waals surface area contributed by atoms with Gasteiger partial charge in [-0.25, -0.2) is 0 Å². The van der Waals surface area contributed by atoms with Crippen molar-refractivity contribution in [3.05, 3.63) is 22.6 Å². The van der Waals surface area contributed by atoms with Crippen molar-refractivity contribution in [3.8, 4) is 0 Å². The highest BCUT2D eigenvalue weighted by atomic mass is 16.3. The molecule has 0 aromatic carbocycles. The maximum atomic E-state index is 12.9. The first-order valence-corrected chi connectivity index (χ1v) is 11.7. The Morgan fingerprint density at radius 3 is 2.43 bits per heavy atom. The van der Waals surface area contributed by atoms with Crippen LogP contribution in [0.5, 0.6) is 0 Å². The Balaban J connectivity index is 1.31. The molecule has 0 radical (unpaired) electrons. The molecule has 2 aliphatic heterocycles. The Morgan fingerprint density at radius 2 is 1.77 bits per heavy atom. The average Bonchev–Trinajstić information content (AvgIpc) is 3.09. The summed E-state index contributed by atoms with van der Waals surface area (Å²) in [5.74, 6) is 2.41. The molecule has 30 heavy (non-hydrogen) atoms. The normalized spacial score (nSPS) is 26.3. The maximum absolute atomic E-state index is 12.9. The quantitative estimate of drug-likeness (QED) is 0.773. The van der Waals surface area contributed by atoms with Crippen molar-refractivity contribution in [2.75, 3.05) is 13.1 Å². The van der Waals surface area contributed by atoms with Gasteiger partial charge in [-0.3, -0.25) is 14.5 Å². The summed E-state index contributed by atoms with van der Waals surface area (Å²) in [5, 5.41) is 6.29. The fourth-order valence-electron chi connectivity index (χ4n) is 5.76. The molecule has 1 aromatic rings. The minimum atomic E-state index is -0.191. The number of amides is 2. The van der Waals surface area contributed by atoms with E-state index in [-0.39, 0.29) is 17.4 Å². The second-order valence-corrected chi connectivity index (χ2v) is 10.5. The standard InChI is InChI=1S/C24H37N3O3/c1-15-22(19-7-5-6-8-20(19)30-15)23(29)25-13-16-11-17-9-10-18(12-16)27(17)14-21(28)26-24(2,3)4/h16-18H,5-14H2,1-4H3,(H,25,29)(H,26,28)/t16-,17+,18-. The number of piperidine rings is 1. The highest BCUT2D eigenvalue weighted by molar-refractivity contribution is 5.97. The second-order valence-electron chi connectivity index (χ2n) is 10.5. The molecule has 3 aliphatic rings. The highest BCUT2D eigenvalue weighted by Crippen LogP contribution is 2.38. The summed E-state index contributed by atoms with van der Waals surface area (Å²) < 4.78 is 5.87. The van der Waals surface area contributed by atoms with Crippen molar-refractivity contribution in [3.63, 3.8) is 0 Å². The van der Waals surface area contributed by atoms with Gasteiger partial charge in [0.15, 0.2) is 0 Å². The van der Waals surface area contributed by atoms with Gasteiger partial charge in [-0.15, -0.1) is 0 Å². The fraction of sp³-hybridized carbons (Fsp3) is 0.750. The van der Waals surface area contributed by atoms with Crippen LogP contribution < -0.4 is 10.6 Å². The number of rotatable bonds is 5. The van der Waals surface area contributed by atoms with Gasteiger partial charge in [0.25, 0.3) is 5.91 Å². The molecule has 0 spiro atoms. The number of furan rings is 1. The van der Waals surface area contributed by atoms with Crippen LogP contribution in [0.15, 0.2) is 4.42 Å². The van der Waals surface area contributed by atoms with E-state index in [1.165, 1.54) is 0 Å². The van der Waals surface area contributed by atoms with Crippen LogP contribution in [0, 0.1) is 12.8 Å². The topological polar surface area (TPSA) is 74.6 Å². The number of hydrogen-bond donors (Lipinski definition) is 2. The van der Waals surface area contributed by atoms with Crippen LogP contribution in [0.1, 0.15) is 86.7 Å². The van der Waals surface area contributed by atoms with E-state index in [2.05, 4.69) is 15.5 Å². The van der Waals surface area contributed by atoms with Gasteiger partial charge in [-0.1, -0.05) is 0 Å². The molecular formula is C24H37N3O3. The predicted octanol–water partition coefficient (Wildman–Crippen LogP) is 3.35. The van der Waals surface area contributed by atoms with Crippen LogP contribution in [0.25, 0.3) is 0 Å². The van der Waals surface area contributed by atoms with Crippen LogP contribution in [0.3, 0.4) is 0 Å². The van der Waals surface area contributed by atoms with Crippen LogP contribution in [0.4, 0.5) is 0 Å². The number of nitrogens with zero attached hydrogens (tertiary/aromatic N) is 1. The summed E-state index contributed by atoms with van der Waals surface area (Å²) in [6.07, 6.45) is 8.62. The average molecular weight is 416 g/mol. The van der Waals surface area contributed by atoms with Crippen molar-refractivity contribution in [2.24, 2.45) is 5.92 Å². The molecule has 2 N–H and O–H groups in total. The van der Waals surface area contributed by atoms with Gasteiger partial charge in [0.2, 0.25) is 5.91 Å². The van der Waals surface area contributed by atoms with E-state index in [1.54, 1.807) is 0 Å². The van der Waals surface area contributed by atoms with Gasteiger partial charge in [0.05, 0.1) is 12.1 Å².